The van der Waals surface area contributed by atoms with E-state index in [4.69, 9.17) is 15.9 Å². The number of terminal acetylenes is 1. The van der Waals surface area contributed by atoms with Gasteiger partial charge in [0.2, 0.25) is 0 Å². The van der Waals surface area contributed by atoms with Gasteiger partial charge in [0.05, 0.1) is 6.61 Å². The molecule has 1 aromatic rings. The summed E-state index contributed by atoms with van der Waals surface area (Å²) < 4.78 is 11.6. The van der Waals surface area contributed by atoms with Gasteiger partial charge in [0.1, 0.15) is 17.6 Å². The van der Waals surface area contributed by atoms with Gasteiger partial charge in [0.15, 0.2) is 0 Å². The number of nitrogens with one attached hydrogen (secondary N) is 1. The van der Waals surface area contributed by atoms with Gasteiger partial charge in [-0.15, -0.1) is 12.3 Å². The highest BCUT2D eigenvalue weighted by molar-refractivity contribution is 5.48. The van der Waals surface area contributed by atoms with Crippen molar-refractivity contribution in [3.63, 3.8) is 0 Å². The number of benzene rings is 1. The van der Waals surface area contributed by atoms with Crippen molar-refractivity contribution in [1.82, 2.24) is 5.32 Å². The summed E-state index contributed by atoms with van der Waals surface area (Å²) in [7, 11) is 0. The minimum atomic E-state index is 0.253. The van der Waals surface area contributed by atoms with Crippen LogP contribution in [-0.2, 0) is 13.0 Å². The van der Waals surface area contributed by atoms with Gasteiger partial charge in [-0.05, 0) is 32.9 Å². The zero-order valence-electron chi connectivity index (χ0n) is 12.5. The van der Waals surface area contributed by atoms with E-state index in [0.717, 1.165) is 36.4 Å². The molecular formula is C17H23NO2. The van der Waals surface area contributed by atoms with Crippen LogP contribution in [0.25, 0.3) is 0 Å². The maximum absolute atomic E-state index is 5.82. The SMILES string of the molecule is C#CCC(C)NCc1cc2c(cc1OCC)CC(C)O2. The lowest BCUT2D eigenvalue weighted by Crippen LogP contribution is -2.25. The molecule has 108 valence electrons. The highest BCUT2D eigenvalue weighted by atomic mass is 16.5. The van der Waals surface area contributed by atoms with E-state index in [2.05, 4.69) is 37.2 Å². The van der Waals surface area contributed by atoms with Crippen molar-refractivity contribution in [3.8, 4) is 23.8 Å². The second-order valence-corrected chi connectivity index (χ2v) is 5.32. The molecule has 0 amide bonds. The zero-order chi connectivity index (χ0) is 14.5. The Kier molecular flexibility index (Phi) is 4.92. The Morgan fingerprint density at radius 2 is 2.35 bits per heavy atom. The van der Waals surface area contributed by atoms with E-state index in [0.29, 0.717) is 12.6 Å². The van der Waals surface area contributed by atoms with Crippen LogP contribution in [0.2, 0.25) is 0 Å². The number of fused-ring (bicyclic) bond motifs is 1. The van der Waals surface area contributed by atoms with E-state index in [1.54, 1.807) is 0 Å². The summed E-state index contributed by atoms with van der Waals surface area (Å²) in [4.78, 5) is 0. The van der Waals surface area contributed by atoms with Crippen LogP contribution in [0.15, 0.2) is 12.1 Å². The minimum absolute atomic E-state index is 0.253. The topological polar surface area (TPSA) is 30.5 Å². The monoisotopic (exact) mass is 273 g/mol. The van der Waals surface area contributed by atoms with E-state index in [9.17, 15) is 0 Å². The molecule has 0 radical (unpaired) electrons. The van der Waals surface area contributed by atoms with Crippen molar-refractivity contribution < 1.29 is 9.47 Å². The van der Waals surface area contributed by atoms with Crippen molar-refractivity contribution in [2.24, 2.45) is 0 Å². The molecule has 0 fully saturated rings. The molecule has 1 aliphatic rings. The molecule has 1 heterocycles. The van der Waals surface area contributed by atoms with E-state index < -0.39 is 0 Å². The Labute approximate surface area is 121 Å². The van der Waals surface area contributed by atoms with Crippen molar-refractivity contribution >= 4 is 0 Å². The predicted molar refractivity (Wildman–Crippen MR) is 81.2 cm³/mol. The molecule has 1 aromatic carbocycles. The molecule has 2 unspecified atom stereocenters. The Morgan fingerprint density at radius 3 is 3.05 bits per heavy atom. The molecule has 0 saturated carbocycles. The molecular weight excluding hydrogens is 250 g/mol. The van der Waals surface area contributed by atoms with Crippen LogP contribution in [0.4, 0.5) is 0 Å². The molecule has 0 aromatic heterocycles. The lowest BCUT2D eigenvalue weighted by atomic mass is 10.1. The summed E-state index contributed by atoms with van der Waals surface area (Å²) in [6, 6.07) is 4.51. The third-order valence-electron chi connectivity index (χ3n) is 3.44. The third-order valence-corrected chi connectivity index (χ3v) is 3.44. The quantitative estimate of drug-likeness (QED) is 0.808. The first-order valence-electron chi connectivity index (χ1n) is 7.26. The predicted octanol–water partition coefficient (Wildman–Crippen LogP) is 2.91. The second kappa shape index (κ2) is 6.67. The van der Waals surface area contributed by atoms with Crippen LogP contribution in [-0.4, -0.2) is 18.8 Å². The summed E-state index contributed by atoms with van der Waals surface area (Å²) in [5, 5.41) is 3.42. The Morgan fingerprint density at radius 1 is 1.55 bits per heavy atom. The van der Waals surface area contributed by atoms with Crippen molar-refractivity contribution in [1.29, 1.82) is 0 Å². The van der Waals surface area contributed by atoms with Gasteiger partial charge in [-0.3, -0.25) is 0 Å². The molecule has 1 N–H and O–H groups in total. The molecule has 0 aliphatic carbocycles. The van der Waals surface area contributed by atoms with Crippen LogP contribution in [0.1, 0.15) is 38.3 Å². The van der Waals surface area contributed by atoms with Crippen molar-refractivity contribution in [2.75, 3.05) is 6.61 Å². The largest absolute Gasteiger partial charge is 0.494 e. The van der Waals surface area contributed by atoms with Gasteiger partial charge in [0, 0.05) is 36.6 Å². The standard InChI is InChI=1S/C17H23NO2/c1-5-7-12(3)18-11-15-10-17-14(8-13(4)20-17)9-16(15)19-6-2/h1,9-10,12-13,18H,6-8,11H2,2-4H3. The van der Waals surface area contributed by atoms with Crippen LogP contribution >= 0.6 is 0 Å². The first kappa shape index (κ1) is 14.7. The summed E-state index contributed by atoms with van der Waals surface area (Å²) in [5.74, 6) is 4.61. The van der Waals surface area contributed by atoms with Crippen LogP contribution in [0.3, 0.4) is 0 Å². The fraction of sp³-hybridized carbons (Fsp3) is 0.529. The van der Waals surface area contributed by atoms with E-state index in [1.165, 1.54) is 5.56 Å². The molecule has 1 aliphatic heterocycles. The molecule has 0 bridgehead atoms. The zero-order valence-corrected chi connectivity index (χ0v) is 12.5. The maximum Gasteiger partial charge on any atom is 0.124 e. The summed E-state index contributed by atoms with van der Waals surface area (Å²) in [6.07, 6.45) is 7.26. The number of rotatable bonds is 6. The maximum atomic E-state index is 5.82. The third kappa shape index (κ3) is 3.46. The van der Waals surface area contributed by atoms with Gasteiger partial charge in [0.25, 0.3) is 0 Å². The van der Waals surface area contributed by atoms with E-state index >= 15 is 0 Å². The average Bonchev–Trinajstić information content (AvgIpc) is 2.76. The van der Waals surface area contributed by atoms with Crippen molar-refractivity contribution in [3.05, 3.63) is 23.3 Å². The fourth-order valence-corrected chi connectivity index (χ4v) is 2.44. The molecule has 3 heteroatoms. The first-order chi connectivity index (χ1) is 9.63. The van der Waals surface area contributed by atoms with Crippen LogP contribution < -0.4 is 14.8 Å². The molecule has 0 spiro atoms. The van der Waals surface area contributed by atoms with Crippen LogP contribution in [0, 0.1) is 12.3 Å². The van der Waals surface area contributed by atoms with Crippen LogP contribution in [0.5, 0.6) is 11.5 Å². The number of hydrogen-bond acceptors (Lipinski definition) is 3. The normalized spacial score (nSPS) is 18.0. The molecule has 20 heavy (non-hydrogen) atoms. The summed E-state index contributed by atoms with van der Waals surface area (Å²) in [6.45, 7) is 7.59. The Bertz CT molecular complexity index is 504. The molecule has 3 nitrogen and oxygen atoms in total. The van der Waals surface area contributed by atoms with Gasteiger partial charge < -0.3 is 14.8 Å². The Balaban J connectivity index is 2.14. The smallest absolute Gasteiger partial charge is 0.124 e. The number of ether oxygens (including phenoxy) is 2. The average molecular weight is 273 g/mol. The minimum Gasteiger partial charge on any atom is -0.494 e. The van der Waals surface area contributed by atoms with Crippen molar-refractivity contribution in [2.45, 2.75) is 52.3 Å². The number of hydrogen-bond donors (Lipinski definition) is 1. The Hall–Kier alpha value is -1.66. The lowest BCUT2D eigenvalue weighted by molar-refractivity contribution is 0.254. The van der Waals surface area contributed by atoms with Gasteiger partial charge >= 0.3 is 0 Å². The molecule has 0 saturated heterocycles. The van der Waals surface area contributed by atoms with Gasteiger partial charge in [-0.2, -0.15) is 0 Å². The van der Waals surface area contributed by atoms with E-state index in [1.807, 2.05) is 6.92 Å². The second-order valence-electron chi connectivity index (χ2n) is 5.32. The molecule has 2 rings (SSSR count). The summed E-state index contributed by atoms with van der Waals surface area (Å²) in [5.41, 5.74) is 2.37. The summed E-state index contributed by atoms with van der Waals surface area (Å²) >= 11 is 0. The highest BCUT2D eigenvalue weighted by Gasteiger charge is 2.21. The van der Waals surface area contributed by atoms with Gasteiger partial charge in [-0.25, -0.2) is 0 Å². The highest BCUT2D eigenvalue weighted by Crippen LogP contribution is 2.35. The first-order valence-corrected chi connectivity index (χ1v) is 7.26. The fourth-order valence-electron chi connectivity index (χ4n) is 2.44. The van der Waals surface area contributed by atoms with E-state index in [-0.39, 0.29) is 6.10 Å². The van der Waals surface area contributed by atoms with Gasteiger partial charge in [-0.1, -0.05) is 0 Å². The lowest BCUT2D eigenvalue weighted by Gasteiger charge is -2.15. The molecule has 2 atom stereocenters.